The van der Waals surface area contributed by atoms with E-state index in [4.69, 9.17) is 14.2 Å². The Morgan fingerprint density at radius 3 is 2.69 bits per heavy atom. The molecule has 1 atom stereocenters. The number of rotatable bonds is 8. The van der Waals surface area contributed by atoms with Crippen molar-refractivity contribution in [3.05, 3.63) is 66.1 Å². The molecular weight excluding hydrogens is 463 g/mol. The lowest BCUT2D eigenvalue weighted by molar-refractivity contribution is 0.0792. The van der Waals surface area contributed by atoms with E-state index < -0.39 is 5.82 Å². The first-order valence-corrected chi connectivity index (χ1v) is 11.9. The summed E-state index contributed by atoms with van der Waals surface area (Å²) in [7, 11) is 1.60. The van der Waals surface area contributed by atoms with Crippen LogP contribution >= 0.6 is 0 Å². The third-order valence-electron chi connectivity index (χ3n) is 5.95. The van der Waals surface area contributed by atoms with Crippen LogP contribution in [0.2, 0.25) is 0 Å². The molecule has 0 aliphatic carbocycles. The van der Waals surface area contributed by atoms with Gasteiger partial charge >= 0.3 is 0 Å². The van der Waals surface area contributed by atoms with Crippen molar-refractivity contribution in [2.24, 2.45) is 0 Å². The molecule has 1 fully saturated rings. The first kappa shape index (κ1) is 23.7. The van der Waals surface area contributed by atoms with Crippen molar-refractivity contribution >= 4 is 17.1 Å². The van der Waals surface area contributed by atoms with Gasteiger partial charge in [0, 0.05) is 43.6 Å². The number of aromatic amines is 1. The quantitative estimate of drug-likeness (QED) is 0.365. The average molecular weight is 491 g/mol. The maximum absolute atomic E-state index is 15.0. The lowest BCUT2D eigenvalue weighted by Crippen LogP contribution is -2.27. The highest BCUT2D eigenvalue weighted by Crippen LogP contribution is 2.34. The van der Waals surface area contributed by atoms with Gasteiger partial charge in [0.1, 0.15) is 23.4 Å². The van der Waals surface area contributed by atoms with E-state index in [1.54, 1.807) is 36.4 Å². The first-order valence-electron chi connectivity index (χ1n) is 11.9. The third-order valence-corrected chi connectivity index (χ3v) is 5.95. The molecule has 1 saturated heterocycles. The molecule has 9 heteroatoms. The van der Waals surface area contributed by atoms with Gasteiger partial charge in [0.15, 0.2) is 17.2 Å². The minimum atomic E-state index is -0.617. The van der Waals surface area contributed by atoms with E-state index in [1.807, 2.05) is 25.1 Å². The molecule has 36 heavy (non-hydrogen) atoms. The van der Waals surface area contributed by atoms with Gasteiger partial charge in [-0.25, -0.2) is 14.4 Å². The summed E-state index contributed by atoms with van der Waals surface area (Å²) in [4.78, 5) is 26.4. The highest BCUT2D eigenvalue weighted by Gasteiger charge is 2.21. The zero-order chi connectivity index (χ0) is 25.1. The number of halogens is 1. The summed E-state index contributed by atoms with van der Waals surface area (Å²) in [6.07, 6.45) is 3.40. The molecule has 1 amide bonds. The molecule has 0 unspecified atom stereocenters. The van der Waals surface area contributed by atoms with Gasteiger partial charge in [-0.1, -0.05) is 0 Å². The highest BCUT2D eigenvalue weighted by molar-refractivity contribution is 5.94. The number of aromatic nitrogens is 3. The second-order valence-corrected chi connectivity index (χ2v) is 8.78. The van der Waals surface area contributed by atoms with E-state index in [0.717, 1.165) is 18.4 Å². The summed E-state index contributed by atoms with van der Waals surface area (Å²) in [6, 6.07) is 13.3. The molecule has 1 aliphatic heterocycles. The van der Waals surface area contributed by atoms with Crippen LogP contribution in [0.3, 0.4) is 0 Å². The molecule has 0 radical (unpaired) electrons. The van der Waals surface area contributed by atoms with Crippen molar-refractivity contribution in [2.45, 2.75) is 25.9 Å². The van der Waals surface area contributed by atoms with Crippen LogP contribution in [0.1, 0.15) is 30.1 Å². The molecule has 0 spiro atoms. The molecule has 1 N–H and O–H groups in total. The fraction of sp³-hybridized carbons (Fsp3) is 0.296. The summed E-state index contributed by atoms with van der Waals surface area (Å²) in [5.74, 6) is 0.673. The first-order chi connectivity index (χ1) is 17.5. The van der Waals surface area contributed by atoms with Gasteiger partial charge in [0.25, 0.3) is 5.91 Å². The maximum Gasteiger partial charge on any atom is 0.253 e. The summed E-state index contributed by atoms with van der Waals surface area (Å²) in [6.45, 7) is 3.69. The van der Waals surface area contributed by atoms with Crippen molar-refractivity contribution < 1.29 is 23.4 Å². The standard InChI is InChI=1S/C27H27FN4O4/c1-17(16-34-2)35-20-12-19(25-30-23-6-5-9-29-26(23)31-25)13-21(15-20)36-24-8-7-18(14-22(24)28)27(33)32-10-3-4-11-32/h5-9,12-15,17H,3-4,10-11,16H2,1-2H3,(H,29,30,31)/t17-/m0/s1. The van der Waals surface area contributed by atoms with E-state index >= 15 is 0 Å². The Bertz CT molecular complexity index is 1350. The Labute approximate surface area is 208 Å². The summed E-state index contributed by atoms with van der Waals surface area (Å²) < 4.78 is 32.1. The number of methoxy groups -OCH3 is 1. The zero-order valence-corrected chi connectivity index (χ0v) is 20.2. The molecular formula is C27H27FN4O4. The molecule has 3 heterocycles. The number of hydrogen-bond donors (Lipinski definition) is 1. The summed E-state index contributed by atoms with van der Waals surface area (Å²) in [5.41, 5.74) is 2.37. The van der Waals surface area contributed by atoms with Gasteiger partial charge in [-0.2, -0.15) is 0 Å². The lowest BCUT2D eigenvalue weighted by atomic mass is 10.1. The second-order valence-electron chi connectivity index (χ2n) is 8.78. The number of pyridine rings is 1. The summed E-state index contributed by atoms with van der Waals surface area (Å²) >= 11 is 0. The van der Waals surface area contributed by atoms with Crippen LogP contribution in [-0.2, 0) is 4.74 Å². The van der Waals surface area contributed by atoms with E-state index in [1.165, 1.54) is 12.1 Å². The molecule has 5 rings (SSSR count). The van der Waals surface area contributed by atoms with Crippen molar-refractivity contribution in [2.75, 3.05) is 26.8 Å². The Hall–Kier alpha value is -3.98. The number of nitrogens with one attached hydrogen (secondary N) is 1. The van der Waals surface area contributed by atoms with Crippen LogP contribution in [0.5, 0.6) is 17.2 Å². The van der Waals surface area contributed by atoms with Crippen molar-refractivity contribution in [1.29, 1.82) is 0 Å². The molecule has 2 aromatic carbocycles. The van der Waals surface area contributed by atoms with Crippen molar-refractivity contribution in [3.63, 3.8) is 0 Å². The van der Waals surface area contributed by atoms with E-state index in [2.05, 4.69) is 15.0 Å². The SMILES string of the molecule is COC[C@H](C)Oc1cc(Oc2ccc(C(=O)N3CCCC3)cc2F)cc(-c2nc3ncccc3[nH]2)c1. The Morgan fingerprint density at radius 2 is 1.94 bits per heavy atom. The van der Waals surface area contributed by atoms with Crippen LogP contribution in [0.25, 0.3) is 22.6 Å². The molecule has 4 aromatic rings. The van der Waals surface area contributed by atoms with Crippen LogP contribution < -0.4 is 9.47 Å². The number of fused-ring (bicyclic) bond motifs is 1. The highest BCUT2D eigenvalue weighted by atomic mass is 19.1. The monoisotopic (exact) mass is 490 g/mol. The van der Waals surface area contributed by atoms with Gasteiger partial charge < -0.3 is 24.1 Å². The topological polar surface area (TPSA) is 89.6 Å². The van der Waals surface area contributed by atoms with Crippen molar-refractivity contribution in [1.82, 2.24) is 19.9 Å². The summed E-state index contributed by atoms with van der Waals surface area (Å²) in [5, 5.41) is 0. The number of ether oxygens (including phenoxy) is 3. The van der Waals surface area contributed by atoms with Crippen LogP contribution in [0, 0.1) is 5.82 Å². The Morgan fingerprint density at radius 1 is 1.14 bits per heavy atom. The smallest absolute Gasteiger partial charge is 0.253 e. The zero-order valence-electron chi connectivity index (χ0n) is 20.2. The number of hydrogen-bond acceptors (Lipinski definition) is 6. The minimum absolute atomic E-state index is 0.00675. The number of imidazole rings is 1. The number of amides is 1. The number of H-pyrrole nitrogens is 1. The van der Waals surface area contributed by atoms with E-state index in [9.17, 15) is 9.18 Å². The predicted octanol–water partition coefficient (Wildman–Crippen LogP) is 5.21. The van der Waals surface area contributed by atoms with Gasteiger partial charge in [0.2, 0.25) is 0 Å². The lowest BCUT2D eigenvalue weighted by Gasteiger charge is -2.17. The number of likely N-dealkylation sites (tertiary alicyclic amines) is 1. The molecule has 1 aliphatic rings. The third kappa shape index (κ3) is 5.16. The Kier molecular flexibility index (Phi) is 6.81. The molecule has 2 aromatic heterocycles. The largest absolute Gasteiger partial charge is 0.488 e. The number of nitrogens with zero attached hydrogens (tertiary/aromatic N) is 3. The molecule has 8 nitrogen and oxygen atoms in total. The second kappa shape index (κ2) is 10.3. The molecule has 186 valence electrons. The maximum atomic E-state index is 15.0. The van der Waals surface area contributed by atoms with Gasteiger partial charge in [-0.15, -0.1) is 0 Å². The normalized spacial score (nSPS) is 14.2. The molecule has 0 bridgehead atoms. The van der Waals surface area contributed by atoms with Crippen molar-refractivity contribution in [3.8, 4) is 28.6 Å². The van der Waals surface area contributed by atoms with E-state index in [-0.39, 0.29) is 17.8 Å². The number of carbonyl (C=O) groups is 1. The van der Waals surface area contributed by atoms with Crippen LogP contribution in [-0.4, -0.2) is 58.7 Å². The Balaban J connectivity index is 1.45. The number of benzene rings is 2. The van der Waals surface area contributed by atoms with Gasteiger partial charge in [0.05, 0.1) is 12.1 Å². The fourth-order valence-corrected chi connectivity index (χ4v) is 4.26. The van der Waals surface area contributed by atoms with Gasteiger partial charge in [-0.05, 0) is 62.2 Å². The number of carbonyl (C=O) groups excluding carboxylic acids is 1. The fourth-order valence-electron chi connectivity index (χ4n) is 4.26. The van der Waals surface area contributed by atoms with Crippen LogP contribution in [0.15, 0.2) is 54.7 Å². The van der Waals surface area contributed by atoms with Crippen LogP contribution in [0.4, 0.5) is 4.39 Å². The van der Waals surface area contributed by atoms with Gasteiger partial charge in [-0.3, -0.25) is 4.79 Å². The van der Waals surface area contributed by atoms with E-state index in [0.29, 0.717) is 53.8 Å². The average Bonchev–Trinajstić information content (AvgIpc) is 3.55. The minimum Gasteiger partial charge on any atom is -0.488 e. The predicted molar refractivity (Wildman–Crippen MR) is 133 cm³/mol. The molecule has 0 saturated carbocycles.